The maximum absolute atomic E-state index is 6.74. The molecule has 2 nitrogen and oxygen atoms in total. The maximum atomic E-state index is 6.74. The number of benzene rings is 8. The number of rotatable bonds is 2. The van der Waals surface area contributed by atoms with Gasteiger partial charge in [0.05, 0.1) is 0 Å². The molecule has 8 aromatic carbocycles. The lowest BCUT2D eigenvalue weighted by Crippen LogP contribution is -2.58. The lowest BCUT2D eigenvalue weighted by molar-refractivity contribution is 0.487. The third kappa shape index (κ3) is 3.44. The second-order valence-electron chi connectivity index (χ2n) is 16.5. The van der Waals surface area contributed by atoms with E-state index in [4.69, 9.17) is 9.47 Å². The number of fused-ring (bicyclic) bond motifs is 8. The van der Waals surface area contributed by atoms with E-state index in [0.717, 1.165) is 23.0 Å². The average Bonchev–Trinajstić information content (AvgIpc) is 3.13. The first kappa shape index (κ1) is 29.1. The lowest BCUT2D eigenvalue weighted by atomic mass is 9.31. The van der Waals surface area contributed by atoms with Crippen molar-refractivity contribution in [3.63, 3.8) is 0 Å². The van der Waals surface area contributed by atoms with E-state index in [1.165, 1.54) is 110 Å². The van der Waals surface area contributed by atoms with E-state index >= 15 is 0 Å². The van der Waals surface area contributed by atoms with Gasteiger partial charge < -0.3 is 9.47 Å². The van der Waals surface area contributed by atoms with Crippen molar-refractivity contribution in [2.45, 2.75) is 53.4 Å². The topological polar surface area (TPSA) is 18.5 Å². The molecule has 0 radical (unpaired) electrons. The Morgan fingerprint density at radius 1 is 0.423 bits per heavy atom. The van der Waals surface area contributed by atoms with Crippen LogP contribution in [-0.2, 0) is 0 Å². The molecule has 0 saturated carbocycles. The van der Waals surface area contributed by atoms with E-state index < -0.39 is 0 Å². The quantitative estimate of drug-likeness (QED) is 0.136. The fourth-order valence-corrected chi connectivity index (χ4v) is 10.7. The van der Waals surface area contributed by atoms with Crippen LogP contribution in [0.25, 0.3) is 54.6 Å². The molecule has 0 unspecified atom stereocenters. The van der Waals surface area contributed by atoms with Crippen molar-refractivity contribution >= 4 is 78.5 Å². The van der Waals surface area contributed by atoms with E-state index in [1.54, 1.807) is 0 Å². The Hall–Kier alpha value is -5.47. The standard InChI is InChI=1S/C48H36B2O2/c1-23(2)27-19-29-33-15-25(5)17-41-47(33)50(36-12-8-10-14-40(36)51-41)38-22-32-28(24(3)4)20-30-34-16-26(6)18-42-48(34)49(35-11-7-9-13-39(35)52-42)37-21-31(27)45(43(29)38)46(32)44(30)37/h7-24H,1-6H3. The Morgan fingerprint density at radius 3 is 1.27 bits per heavy atom. The zero-order chi connectivity index (χ0) is 34.9. The van der Waals surface area contributed by atoms with Crippen molar-refractivity contribution in [3.05, 3.63) is 119 Å². The molecule has 0 atom stereocenters. The van der Waals surface area contributed by atoms with Gasteiger partial charge in [0, 0.05) is 0 Å². The molecule has 52 heavy (non-hydrogen) atoms. The number of aryl methyl sites for hydroxylation is 2. The third-order valence-electron chi connectivity index (χ3n) is 12.7. The first-order valence-electron chi connectivity index (χ1n) is 19.0. The Bertz CT molecular complexity index is 2750. The first-order valence-corrected chi connectivity index (χ1v) is 19.0. The van der Waals surface area contributed by atoms with Crippen LogP contribution >= 0.6 is 0 Å². The molecule has 4 heteroatoms. The van der Waals surface area contributed by atoms with Crippen molar-refractivity contribution in [1.29, 1.82) is 0 Å². The molecule has 0 amide bonds. The van der Waals surface area contributed by atoms with Gasteiger partial charge in [0.15, 0.2) is 0 Å². The summed E-state index contributed by atoms with van der Waals surface area (Å²) in [7, 11) is 0. The van der Waals surface area contributed by atoms with Crippen molar-refractivity contribution in [2.24, 2.45) is 0 Å². The van der Waals surface area contributed by atoms with Gasteiger partial charge in [-0.1, -0.05) is 99.3 Å². The van der Waals surface area contributed by atoms with Crippen LogP contribution < -0.4 is 42.3 Å². The highest BCUT2D eigenvalue weighted by Gasteiger charge is 2.44. The van der Waals surface area contributed by atoms with Gasteiger partial charge in [0.25, 0.3) is 13.4 Å². The second-order valence-corrected chi connectivity index (χ2v) is 16.5. The molecule has 8 aromatic rings. The molecule has 4 aliphatic heterocycles. The molecule has 0 fully saturated rings. The predicted molar refractivity (Wildman–Crippen MR) is 221 cm³/mol. The summed E-state index contributed by atoms with van der Waals surface area (Å²) < 4.78 is 13.5. The zero-order valence-electron chi connectivity index (χ0n) is 30.4. The van der Waals surface area contributed by atoms with Crippen LogP contribution in [0.1, 0.15) is 61.8 Å². The van der Waals surface area contributed by atoms with Crippen molar-refractivity contribution in [3.8, 4) is 45.3 Å². The number of hydrogen-bond donors (Lipinski definition) is 0. The molecular weight excluding hydrogens is 630 g/mol. The molecule has 4 aliphatic rings. The Balaban J connectivity index is 1.34. The molecule has 0 spiro atoms. The van der Waals surface area contributed by atoms with E-state index in [0.29, 0.717) is 11.8 Å². The van der Waals surface area contributed by atoms with Gasteiger partial charge in [-0.15, -0.1) is 0 Å². The van der Waals surface area contributed by atoms with Crippen LogP contribution in [0.5, 0.6) is 23.0 Å². The smallest absolute Gasteiger partial charge is 0.252 e. The number of ether oxygens (including phenoxy) is 2. The Kier molecular flexibility index (Phi) is 5.43. The fourth-order valence-electron chi connectivity index (χ4n) is 10.7. The summed E-state index contributed by atoms with van der Waals surface area (Å²) in [5.74, 6) is 4.61. The minimum Gasteiger partial charge on any atom is -0.458 e. The highest BCUT2D eigenvalue weighted by Crippen LogP contribution is 2.50. The summed E-state index contributed by atoms with van der Waals surface area (Å²) in [6.07, 6.45) is 0. The Morgan fingerprint density at radius 2 is 0.846 bits per heavy atom. The van der Waals surface area contributed by atoms with Crippen molar-refractivity contribution < 1.29 is 9.47 Å². The maximum Gasteiger partial charge on any atom is 0.252 e. The summed E-state index contributed by atoms with van der Waals surface area (Å²) in [4.78, 5) is 0. The van der Waals surface area contributed by atoms with Crippen LogP contribution in [0.3, 0.4) is 0 Å². The third-order valence-corrected chi connectivity index (χ3v) is 12.7. The van der Waals surface area contributed by atoms with Gasteiger partial charge in [-0.25, -0.2) is 0 Å². The van der Waals surface area contributed by atoms with Gasteiger partial charge in [-0.05, 0) is 161 Å². The number of para-hydroxylation sites is 2. The molecule has 0 aliphatic carbocycles. The van der Waals surface area contributed by atoms with Crippen LogP contribution in [-0.4, -0.2) is 13.4 Å². The minimum absolute atomic E-state index is 0.0972. The van der Waals surface area contributed by atoms with Gasteiger partial charge >= 0.3 is 0 Å². The molecule has 0 bridgehead atoms. The molecule has 0 aromatic heterocycles. The van der Waals surface area contributed by atoms with Gasteiger partial charge in [0.2, 0.25) is 0 Å². The second kappa shape index (κ2) is 9.69. The van der Waals surface area contributed by atoms with Gasteiger partial charge in [-0.3, -0.25) is 0 Å². The number of hydrogen-bond acceptors (Lipinski definition) is 2. The summed E-state index contributed by atoms with van der Waals surface area (Å²) in [6.45, 7) is 14.1. The lowest BCUT2D eigenvalue weighted by Gasteiger charge is -2.38. The van der Waals surface area contributed by atoms with Gasteiger partial charge in [0.1, 0.15) is 23.0 Å². The minimum atomic E-state index is 0.0972. The van der Waals surface area contributed by atoms with Crippen LogP contribution in [0.2, 0.25) is 0 Å². The van der Waals surface area contributed by atoms with E-state index in [2.05, 4.69) is 139 Å². The van der Waals surface area contributed by atoms with Crippen LogP contribution in [0.15, 0.2) is 97.1 Å². The summed E-state index contributed by atoms with van der Waals surface area (Å²) in [6, 6.07) is 37.1. The van der Waals surface area contributed by atoms with E-state index in [1.807, 2.05) is 0 Å². The molecule has 0 saturated heterocycles. The van der Waals surface area contributed by atoms with E-state index in [9.17, 15) is 0 Å². The molecule has 12 rings (SSSR count). The average molecular weight is 666 g/mol. The highest BCUT2D eigenvalue weighted by molar-refractivity contribution is 7.01. The van der Waals surface area contributed by atoms with E-state index in [-0.39, 0.29) is 13.4 Å². The first-order chi connectivity index (χ1) is 25.3. The SMILES string of the molecule is Cc1cc2c3c(c1)-c1cc(C(C)C)c4cc5c6c(cc(C(C)C)c7cc(c1c4c76)B3c1ccccc1O2)-c1cc(C)cc2c1B5c1ccccc1O2. The summed E-state index contributed by atoms with van der Waals surface area (Å²) in [5, 5.41) is 8.50. The fraction of sp³-hybridized carbons (Fsp3) is 0.167. The van der Waals surface area contributed by atoms with Crippen molar-refractivity contribution in [2.75, 3.05) is 0 Å². The monoisotopic (exact) mass is 666 g/mol. The van der Waals surface area contributed by atoms with Crippen LogP contribution in [0, 0.1) is 13.8 Å². The highest BCUT2D eigenvalue weighted by atomic mass is 16.5. The predicted octanol–water partition coefficient (Wildman–Crippen LogP) is 8.65. The summed E-state index contributed by atoms with van der Waals surface area (Å²) in [5.41, 5.74) is 18.6. The van der Waals surface area contributed by atoms with Crippen molar-refractivity contribution in [1.82, 2.24) is 0 Å². The molecule has 0 N–H and O–H groups in total. The zero-order valence-corrected chi connectivity index (χ0v) is 30.4. The Labute approximate surface area is 304 Å². The van der Waals surface area contributed by atoms with Crippen LogP contribution in [0.4, 0.5) is 0 Å². The molecular formula is C48H36B2O2. The van der Waals surface area contributed by atoms with Gasteiger partial charge in [-0.2, -0.15) is 0 Å². The molecule has 4 heterocycles. The largest absolute Gasteiger partial charge is 0.458 e. The summed E-state index contributed by atoms with van der Waals surface area (Å²) >= 11 is 0. The molecule has 246 valence electrons. The normalized spacial score (nSPS) is 14.2.